The van der Waals surface area contributed by atoms with Crippen molar-refractivity contribution in [3.63, 3.8) is 0 Å². The van der Waals surface area contributed by atoms with Gasteiger partial charge in [0.25, 0.3) is 0 Å². The van der Waals surface area contributed by atoms with Crippen LogP contribution in [-0.2, 0) is 0 Å². The van der Waals surface area contributed by atoms with Crippen LogP contribution in [0.3, 0.4) is 0 Å². The molecule has 2 aliphatic rings. The highest BCUT2D eigenvalue weighted by molar-refractivity contribution is 5.75. The minimum atomic E-state index is -0.503. The van der Waals surface area contributed by atoms with Gasteiger partial charge in [-0.1, -0.05) is 12.8 Å². The maximum absolute atomic E-state index is 12.1. The van der Waals surface area contributed by atoms with Crippen molar-refractivity contribution >= 4 is 6.03 Å². The van der Waals surface area contributed by atoms with Gasteiger partial charge in [0.15, 0.2) is 0 Å². The molecule has 2 N–H and O–H groups in total. The molecule has 1 aliphatic carbocycles. The number of carbonyl (C=O) groups is 1. The van der Waals surface area contributed by atoms with Crippen LogP contribution >= 0.6 is 0 Å². The van der Waals surface area contributed by atoms with Gasteiger partial charge in [0.2, 0.25) is 0 Å². The predicted molar refractivity (Wildman–Crippen MR) is 71.4 cm³/mol. The highest BCUT2D eigenvalue weighted by Crippen LogP contribution is 2.39. The van der Waals surface area contributed by atoms with E-state index in [4.69, 9.17) is 0 Å². The molecule has 4 nitrogen and oxygen atoms in total. The van der Waals surface area contributed by atoms with Crippen molar-refractivity contribution in [2.24, 2.45) is 5.92 Å². The molecule has 2 fully saturated rings. The van der Waals surface area contributed by atoms with E-state index < -0.39 is 5.60 Å². The van der Waals surface area contributed by atoms with Gasteiger partial charge in [-0.05, 0) is 40.0 Å². The monoisotopic (exact) mass is 254 g/mol. The first-order valence-electron chi connectivity index (χ1n) is 7.10. The molecule has 1 saturated heterocycles. The van der Waals surface area contributed by atoms with Crippen molar-refractivity contribution in [3.05, 3.63) is 0 Å². The van der Waals surface area contributed by atoms with Gasteiger partial charge < -0.3 is 15.3 Å². The summed E-state index contributed by atoms with van der Waals surface area (Å²) in [6.45, 7) is 7.36. The van der Waals surface area contributed by atoms with Crippen molar-refractivity contribution in [2.45, 2.75) is 64.0 Å². The van der Waals surface area contributed by atoms with Crippen molar-refractivity contribution in [1.29, 1.82) is 0 Å². The average molecular weight is 254 g/mol. The van der Waals surface area contributed by atoms with Gasteiger partial charge in [-0.2, -0.15) is 0 Å². The summed E-state index contributed by atoms with van der Waals surface area (Å²) in [6, 6.07) is 0.00937. The molecule has 2 atom stereocenters. The van der Waals surface area contributed by atoms with Gasteiger partial charge in [-0.15, -0.1) is 0 Å². The van der Waals surface area contributed by atoms with Gasteiger partial charge in [0.1, 0.15) is 0 Å². The lowest BCUT2D eigenvalue weighted by Crippen LogP contribution is -2.58. The third-order valence-corrected chi connectivity index (χ3v) is 4.20. The summed E-state index contributed by atoms with van der Waals surface area (Å²) in [4.78, 5) is 14.0. The third kappa shape index (κ3) is 2.97. The van der Waals surface area contributed by atoms with Crippen LogP contribution < -0.4 is 5.32 Å². The summed E-state index contributed by atoms with van der Waals surface area (Å²) >= 11 is 0. The summed E-state index contributed by atoms with van der Waals surface area (Å²) in [6.07, 6.45) is 5.00. The van der Waals surface area contributed by atoms with Gasteiger partial charge >= 0.3 is 6.03 Å². The molecular weight excluding hydrogens is 228 g/mol. The van der Waals surface area contributed by atoms with E-state index in [0.717, 1.165) is 25.7 Å². The van der Waals surface area contributed by atoms with Crippen molar-refractivity contribution in [3.8, 4) is 0 Å². The fraction of sp³-hybridized carbons (Fsp3) is 0.929. The summed E-state index contributed by atoms with van der Waals surface area (Å²) < 4.78 is 0. The standard InChI is InChI=1S/C14H26N2O2/c1-13(2,3)15-12(17)16-9-8-14(18)7-5-4-6-11(14)10-16/h11,18H,4-10H2,1-3H3,(H,15,17). The molecule has 0 radical (unpaired) electrons. The second-order valence-corrected chi connectivity index (χ2v) is 6.92. The van der Waals surface area contributed by atoms with Gasteiger partial charge in [0, 0.05) is 24.5 Å². The molecule has 0 aromatic rings. The van der Waals surface area contributed by atoms with E-state index in [1.807, 2.05) is 25.7 Å². The van der Waals surface area contributed by atoms with Crippen LogP contribution in [0.5, 0.6) is 0 Å². The molecule has 1 heterocycles. The molecule has 0 bridgehead atoms. The van der Waals surface area contributed by atoms with Crippen molar-refractivity contribution < 1.29 is 9.90 Å². The van der Waals surface area contributed by atoms with Crippen molar-refractivity contribution in [2.75, 3.05) is 13.1 Å². The number of amides is 2. The van der Waals surface area contributed by atoms with Gasteiger partial charge in [0.05, 0.1) is 5.60 Å². The number of urea groups is 1. The van der Waals surface area contributed by atoms with Crippen LogP contribution in [0.15, 0.2) is 0 Å². The molecule has 1 aliphatic heterocycles. The van der Waals surface area contributed by atoms with E-state index in [-0.39, 0.29) is 17.5 Å². The largest absolute Gasteiger partial charge is 0.389 e. The van der Waals surface area contributed by atoms with Gasteiger partial charge in [-0.3, -0.25) is 0 Å². The molecule has 0 aromatic carbocycles. The molecule has 4 heteroatoms. The first kappa shape index (κ1) is 13.7. The molecule has 18 heavy (non-hydrogen) atoms. The number of likely N-dealkylation sites (tertiary alicyclic amines) is 1. The SMILES string of the molecule is CC(C)(C)NC(=O)N1CCC2(O)CCCCC2C1. The summed E-state index contributed by atoms with van der Waals surface area (Å²) in [7, 11) is 0. The lowest BCUT2D eigenvalue weighted by molar-refractivity contribution is -0.0872. The molecule has 0 aromatic heterocycles. The Kier molecular flexibility index (Phi) is 3.58. The first-order valence-corrected chi connectivity index (χ1v) is 7.10. The zero-order valence-electron chi connectivity index (χ0n) is 11.8. The Morgan fingerprint density at radius 1 is 1.33 bits per heavy atom. The molecule has 0 spiro atoms. The van der Waals surface area contributed by atoms with Crippen LogP contribution in [0.25, 0.3) is 0 Å². The highest BCUT2D eigenvalue weighted by atomic mass is 16.3. The van der Waals surface area contributed by atoms with E-state index in [9.17, 15) is 9.90 Å². The topological polar surface area (TPSA) is 52.6 Å². The van der Waals surface area contributed by atoms with E-state index in [2.05, 4.69) is 5.32 Å². The Morgan fingerprint density at radius 3 is 2.72 bits per heavy atom. The Bertz CT molecular complexity index is 324. The van der Waals surface area contributed by atoms with E-state index >= 15 is 0 Å². The van der Waals surface area contributed by atoms with Crippen LogP contribution in [-0.4, -0.2) is 40.3 Å². The summed E-state index contributed by atoms with van der Waals surface area (Å²) in [5, 5.41) is 13.6. The predicted octanol–water partition coefficient (Wildman–Crippen LogP) is 2.12. The van der Waals surface area contributed by atoms with E-state index in [1.165, 1.54) is 6.42 Å². The number of carbonyl (C=O) groups excluding carboxylic acids is 1. The number of nitrogens with one attached hydrogen (secondary N) is 1. The normalized spacial score (nSPS) is 32.9. The number of nitrogens with zero attached hydrogens (tertiary/aromatic N) is 1. The van der Waals surface area contributed by atoms with E-state index in [1.54, 1.807) is 0 Å². The molecule has 2 amide bonds. The zero-order chi connectivity index (χ0) is 13.4. The second-order valence-electron chi connectivity index (χ2n) is 6.92. The number of rotatable bonds is 0. The molecule has 104 valence electrons. The number of piperidine rings is 1. The molecule has 2 rings (SSSR count). The smallest absolute Gasteiger partial charge is 0.317 e. The van der Waals surface area contributed by atoms with Gasteiger partial charge in [-0.25, -0.2) is 4.79 Å². The lowest BCUT2D eigenvalue weighted by atomic mass is 9.71. The summed E-state index contributed by atoms with van der Waals surface area (Å²) in [5.74, 6) is 0.269. The molecule has 1 saturated carbocycles. The number of aliphatic hydroxyl groups is 1. The first-order chi connectivity index (χ1) is 8.30. The van der Waals surface area contributed by atoms with Crippen molar-refractivity contribution in [1.82, 2.24) is 10.2 Å². The van der Waals surface area contributed by atoms with Crippen LogP contribution in [0.1, 0.15) is 52.9 Å². The lowest BCUT2D eigenvalue weighted by Gasteiger charge is -2.47. The van der Waals surface area contributed by atoms with Crippen LogP contribution in [0, 0.1) is 5.92 Å². The Labute approximate surface area is 110 Å². The number of hydrogen-bond acceptors (Lipinski definition) is 2. The number of hydrogen-bond donors (Lipinski definition) is 2. The minimum Gasteiger partial charge on any atom is -0.389 e. The maximum Gasteiger partial charge on any atom is 0.317 e. The quantitative estimate of drug-likeness (QED) is 0.695. The summed E-state index contributed by atoms with van der Waals surface area (Å²) in [5.41, 5.74) is -0.700. The zero-order valence-corrected chi connectivity index (χ0v) is 11.8. The highest BCUT2D eigenvalue weighted by Gasteiger charge is 2.43. The fourth-order valence-electron chi connectivity index (χ4n) is 3.16. The third-order valence-electron chi connectivity index (χ3n) is 4.20. The fourth-order valence-corrected chi connectivity index (χ4v) is 3.16. The maximum atomic E-state index is 12.1. The van der Waals surface area contributed by atoms with E-state index in [0.29, 0.717) is 13.1 Å². The minimum absolute atomic E-state index is 0.00937. The molecular formula is C14H26N2O2. The average Bonchev–Trinajstić information content (AvgIpc) is 2.25. The molecule has 2 unspecified atom stereocenters. The van der Waals surface area contributed by atoms with Crippen LogP contribution in [0.2, 0.25) is 0 Å². The number of fused-ring (bicyclic) bond motifs is 1. The van der Waals surface area contributed by atoms with Crippen LogP contribution in [0.4, 0.5) is 4.79 Å². The Balaban J connectivity index is 1.96. The Hall–Kier alpha value is -0.770. The second kappa shape index (κ2) is 4.72. The Morgan fingerprint density at radius 2 is 2.06 bits per heavy atom.